The zero-order chi connectivity index (χ0) is 45.0. The molecule has 10 aromatic carbocycles. The molecule has 0 atom stereocenters. The largest absolute Gasteiger partial charge is 0.309 e. The van der Waals surface area contributed by atoms with Crippen molar-refractivity contribution < 1.29 is 0 Å². The van der Waals surface area contributed by atoms with Crippen molar-refractivity contribution in [3.8, 4) is 51.5 Å². The Morgan fingerprint density at radius 1 is 0.368 bits per heavy atom. The first-order valence-corrected chi connectivity index (χ1v) is 23.5. The molecule has 4 aromatic heterocycles. The summed E-state index contributed by atoms with van der Waals surface area (Å²) in [4.78, 5) is 0. The monoisotopic (exact) mass is 881 g/mol. The van der Waals surface area contributed by atoms with Gasteiger partial charge in [0.1, 0.15) is 6.07 Å². The third kappa shape index (κ3) is 5.35. The van der Waals surface area contributed by atoms with E-state index in [4.69, 9.17) is 0 Å². The lowest BCUT2D eigenvalue weighted by molar-refractivity contribution is 1.14. The lowest BCUT2D eigenvalue weighted by Crippen LogP contribution is -2.03. The molecule has 0 N–H and O–H groups in total. The first-order chi connectivity index (χ1) is 33.7. The molecule has 14 rings (SSSR count). The maximum Gasteiger partial charge on any atom is 0.100 e. The molecule has 5 nitrogen and oxygen atoms in total. The van der Waals surface area contributed by atoms with E-state index in [0.29, 0.717) is 16.7 Å². The predicted molar refractivity (Wildman–Crippen MR) is 283 cm³/mol. The van der Waals surface area contributed by atoms with Crippen LogP contribution in [0.3, 0.4) is 0 Å². The minimum absolute atomic E-state index is 0.459. The molecule has 0 aliphatic rings. The normalized spacial score (nSPS) is 11.8. The van der Waals surface area contributed by atoms with Gasteiger partial charge in [0.25, 0.3) is 0 Å². The molecule has 0 aliphatic carbocycles. The zero-order valence-corrected chi connectivity index (χ0v) is 37.2. The Morgan fingerprint density at radius 3 is 1.75 bits per heavy atom. The van der Waals surface area contributed by atoms with Crippen molar-refractivity contribution >= 4 is 96.9 Å². The quantitative estimate of drug-likeness (QED) is 0.173. The average Bonchev–Trinajstić information content (AvgIpc) is 4.14. The van der Waals surface area contributed by atoms with Crippen molar-refractivity contribution in [2.24, 2.45) is 0 Å². The van der Waals surface area contributed by atoms with E-state index in [1.54, 1.807) is 0 Å². The van der Waals surface area contributed by atoms with Crippen LogP contribution >= 0.6 is 11.3 Å². The molecular formula is C62H35N5S. The molecule has 0 bridgehead atoms. The van der Waals surface area contributed by atoms with Crippen molar-refractivity contribution in [1.29, 1.82) is 10.5 Å². The van der Waals surface area contributed by atoms with Crippen molar-refractivity contribution in [3.05, 3.63) is 223 Å². The Labute approximate surface area is 394 Å². The maximum atomic E-state index is 11.2. The second-order valence-electron chi connectivity index (χ2n) is 17.4. The van der Waals surface area contributed by atoms with E-state index in [9.17, 15) is 10.5 Å². The van der Waals surface area contributed by atoms with Crippen LogP contribution in [0, 0.1) is 22.7 Å². The van der Waals surface area contributed by atoms with Gasteiger partial charge in [0.2, 0.25) is 0 Å². The number of nitriles is 2. The van der Waals surface area contributed by atoms with E-state index in [1.807, 2.05) is 53.8 Å². The smallest absolute Gasteiger partial charge is 0.100 e. The van der Waals surface area contributed by atoms with Crippen LogP contribution in [-0.2, 0) is 0 Å². The molecule has 0 radical (unpaired) electrons. The van der Waals surface area contributed by atoms with Gasteiger partial charge >= 0.3 is 0 Å². The lowest BCUT2D eigenvalue weighted by Gasteiger charge is -2.19. The van der Waals surface area contributed by atoms with Crippen LogP contribution in [0.15, 0.2) is 212 Å². The summed E-state index contributed by atoms with van der Waals surface area (Å²) in [6, 6.07) is 80.0. The average molecular weight is 882 g/mol. The summed E-state index contributed by atoms with van der Waals surface area (Å²) in [5.74, 6) is 0. The summed E-state index contributed by atoms with van der Waals surface area (Å²) in [6.45, 7) is 0. The van der Waals surface area contributed by atoms with Gasteiger partial charge in [-0.3, -0.25) is 0 Å². The number of rotatable bonds is 5. The molecule has 314 valence electrons. The predicted octanol–water partition coefficient (Wildman–Crippen LogP) is 16.4. The Balaban J connectivity index is 1.13. The fourth-order valence-electron chi connectivity index (χ4n) is 11.1. The number of hydrogen-bond acceptors (Lipinski definition) is 3. The topological polar surface area (TPSA) is 62.4 Å². The van der Waals surface area contributed by atoms with Crippen LogP contribution in [0.25, 0.3) is 125 Å². The second-order valence-corrected chi connectivity index (χ2v) is 18.5. The standard InChI is InChI=1S/C62H35N5S/c63-36-39-27-29-42(51(37-64)60(39)38-15-3-1-4-16-38)45-30-28-41(65-52-23-11-8-20-44(52)49-34-50-46-21-10-14-26-58(46)68-59(50)35-57(49)65)33-56(45)67-54-25-13-9-22-48(54)61-55(67)32-31-47-43-19-7-12-24-53(43)66(62(47)61)40-17-5-2-6-18-40/h1-35H. The Morgan fingerprint density at radius 2 is 1.00 bits per heavy atom. The van der Waals surface area contributed by atoms with Crippen LogP contribution in [0.4, 0.5) is 0 Å². The molecule has 14 aromatic rings. The van der Waals surface area contributed by atoms with Crippen LogP contribution in [0.2, 0.25) is 0 Å². The Bertz CT molecular complexity index is 4510. The van der Waals surface area contributed by atoms with Crippen molar-refractivity contribution in [3.63, 3.8) is 0 Å². The number of benzene rings is 10. The highest BCUT2D eigenvalue weighted by Crippen LogP contribution is 2.46. The number of nitrogens with zero attached hydrogens (tertiary/aromatic N) is 5. The van der Waals surface area contributed by atoms with E-state index >= 15 is 0 Å². The number of aromatic nitrogens is 3. The molecular weight excluding hydrogens is 847 g/mol. The molecule has 0 saturated heterocycles. The first-order valence-electron chi connectivity index (χ1n) is 22.7. The maximum absolute atomic E-state index is 11.2. The fourth-order valence-corrected chi connectivity index (χ4v) is 12.2. The SMILES string of the molecule is N#Cc1ccc(-c2ccc(-n3c4ccccc4c4cc5c(cc43)sc3ccccc35)cc2-n2c3ccccc3c3c2ccc2c4ccccc4n(-c4ccccc4)c23)c(C#N)c1-c1ccccc1. The minimum atomic E-state index is 0.459. The van der Waals surface area contributed by atoms with Gasteiger partial charge in [-0.1, -0.05) is 140 Å². The first kappa shape index (κ1) is 38.1. The molecule has 0 amide bonds. The van der Waals surface area contributed by atoms with Gasteiger partial charge in [-0.15, -0.1) is 11.3 Å². The molecule has 0 aliphatic heterocycles. The molecule has 0 saturated carbocycles. The summed E-state index contributed by atoms with van der Waals surface area (Å²) < 4.78 is 9.73. The summed E-state index contributed by atoms with van der Waals surface area (Å²) in [7, 11) is 0. The summed E-state index contributed by atoms with van der Waals surface area (Å²) in [6.07, 6.45) is 0. The number of thiophene rings is 1. The van der Waals surface area contributed by atoms with Gasteiger partial charge in [-0.25, -0.2) is 0 Å². The van der Waals surface area contributed by atoms with E-state index < -0.39 is 0 Å². The molecule has 68 heavy (non-hydrogen) atoms. The molecule has 0 spiro atoms. The lowest BCUT2D eigenvalue weighted by atomic mass is 9.88. The number of para-hydroxylation sites is 4. The Kier molecular flexibility index (Phi) is 8.21. The molecule has 6 heteroatoms. The highest BCUT2D eigenvalue weighted by Gasteiger charge is 2.25. The van der Waals surface area contributed by atoms with Crippen molar-refractivity contribution in [2.45, 2.75) is 0 Å². The van der Waals surface area contributed by atoms with Gasteiger partial charge in [0.05, 0.1) is 56.0 Å². The van der Waals surface area contributed by atoms with E-state index in [0.717, 1.165) is 77.6 Å². The van der Waals surface area contributed by atoms with E-state index in [-0.39, 0.29) is 0 Å². The number of fused-ring (bicyclic) bond motifs is 13. The van der Waals surface area contributed by atoms with E-state index in [1.165, 1.54) is 41.7 Å². The van der Waals surface area contributed by atoms with Crippen LogP contribution in [0.5, 0.6) is 0 Å². The zero-order valence-electron chi connectivity index (χ0n) is 36.4. The van der Waals surface area contributed by atoms with Crippen molar-refractivity contribution in [2.75, 3.05) is 0 Å². The van der Waals surface area contributed by atoms with Gasteiger partial charge in [0, 0.05) is 80.6 Å². The molecule has 4 heterocycles. The highest BCUT2D eigenvalue weighted by molar-refractivity contribution is 7.25. The van der Waals surface area contributed by atoms with Crippen molar-refractivity contribution in [1.82, 2.24) is 13.7 Å². The highest BCUT2D eigenvalue weighted by atomic mass is 32.1. The summed E-state index contributed by atoms with van der Waals surface area (Å²) >= 11 is 1.83. The Hall–Kier alpha value is -9.20. The van der Waals surface area contributed by atoms with Crippen LogP contribution in [0.1, 0.15) is 11.1 Å². The van der Waals surface area contributed by atoms with Gasteiger partial charge in [-0.2, -0.15) is 10.5 Å². The third-order valence-corrected chi connectivity index (χ3v) is 15.1. The van der Waals surface area contributed by atoms with Crippen LogP contribution in [-0.4, -0.2) is 13.7 Å². The molecule has 0 fully saturated rings. The second kappa shape index (κ2) is 14.7. The van der Waals surface area contributed by atoms with Gasteiger partial charge in [0.15, 0.2) is 0 Å². The van der Waals surface area contributed by atoms with Crippen LogP contribution < -0.4 is 0 Å². The third-order valence-electron chi connectivity index (χ3n) is 13.9. The summed E-state index contributed by atoms with van der Waals surface area (Å²) in [5.41, 5.74) is 13.6. The van der Waals surface area contributed by atoms with Gasteiger partial charge in [-0.05, 0) is 78.4 Å². The minimum Gasteiger partial charge on any atom is -0.309 e. The fraction of sp³-hybridized carbons (Fsp3) is 0. The number of hydrogen-bond donors (Lipinski definition) is 0. The molecule has 0 unspecified atom stereocenters. The van der Waals surface area contributed by atoms with Gasteiger partial charge < -0.3 is 13.7 Å². The van der Waals surface area contributed by atoms with E-state index in [2.05, 4.69) is 196 Å². The summed E-state index contributed by atoms with van der Waals surface area (Å²) in [5, 5.41) is 31.3.